The molecule has 0 aromatic rings. The van der Waals surface area contributed by atoms with Crippen LogP contribution in [0.3, 0.4) is 0 Å². The zero-order valence-electron chi connectivity index (χ0n) is 9.85. The number of carbonyl (C=O) groups excluding carboxylic acids is 1. The fourth-order valence-corrected chi connectivity index (χ4v) is 2.68. The van der Waals surface area contributed by atoms with E-state index >= 15 is 0 Å². The Balaban J connectivity index is 2.45. The maximum Gasteiger partial charge on any atom is 0.405 e. The molecule has 0 aliphatic heterocycles. The molecule has 1 amide bonds. The standard InChI is InChI=1S/C11H21NO3S/c1-11(2,15-10(12)14)6-7-3-4-9(16)8(13)5-7/h7-9,13,16H,3-6H2,1-2H3,(H2,12,14)/t7-,8-,9-/m0/s1. The lowest BCUT2D eigenvalue weighted by Gasteiger charge is -2.35. The number of aliphatic hydroxyl groups is 1. The smallest absolute Gasteiger partial charge is 0.405 e. The summed E-state index contributed by atoms with van der Waals surface area (Å²) in [5.41, 5.74) is 4.45. The average Bonchev–Trinajstić information content (AvgIpc) is 2.08. The van der Waals surface area contributed by atoms with Gasteiger partial charge in [-0.3, -0.25) is 0 Å². The van der Waals surface area contributed by atoms with Gasteiger partial charge < -0.3 is 15.6 Å². The van der Waals surface area contributed by atoms with Crippen molar-refractivity contribution in [1.82, 2.24) is 0 Å². The van der Waals surface area contributed by atoms with Crippen molar-refractivity contribution in [2.24, 2.45) is 11.7 Å². The van der Waals surface area contributed by atoms with Gasteiger partial charge in [-0.25, -0.2) is 4.79 Å². The van der Waals surface area contributed by atoms with Crippen molar-refractivity contribution in [3.8, 4) is 0 Å². The largest absolute Gasteiger partial charge is 0.444 e. The number of primary amides is 1. The number of aliphatic hydroxyl groups excluding tert-OH is 1. The van der Waals surface area contributed by atoms with Gasteiger partial charge in [-0.2, -0.15) is 12.6 Å². The number of ether oxygens (including phenoxy) is 1. The van der Waals surface area contributed by atoms with Crippen molar-refractivity contribution in [3.63, 3.8) is 0 Å². The molecule has 0 unspecified atom stereocenters. The summed E-state index contributed by atoms with van der Waals surface area (Å²) >= 11 is 4.31. The van der Waals surface area contributed by atoms with Crippen LogP contribution in [0.1, 0.15) is 39.5 Å². The number of amides is 1. The first-order valence-corrected chi connectivity index (χ1v) is 6.16. The first-order chi connectivity index (χ1) is 7.30. The van der Waals surface area contributed by atoms with Gasteiger partial charge in [0.25, 0.3) is 0 Å². The van der Waals surface area contributed by atoms with Crippen molar-refractivity contribution in [1.29, 1.82) is 0 Å². The Bertz CT molecular complexity index is 258. The summed E-state index contributed by atoms with van der Waals surface area (Å²) in [6.07, 6.45) is 2.27. The predicted octanol–water partition coefficient (Wildman–Crippen LogP) is 1.71. The van der Waals surface area contributed by atoms with E-state index in [1.54, 1.807) is 0 Å². The molecule has 4 nitrogen and oxygen atoms in total. The van der Waals surface area contributed by atoms with Gasteiger partial charge in [0, 0.05) is 5.25 Å². The number of hydrogen-bond acceptors (Lipinski definition) is 4. The minimum absolute atomic E-state index is 0.0800. The Labute approximate surface area is 102 Å². The Kier molecular flexibility index (Phi) is 4.50. The molecule has 5 heteroatoms. The maximum absolute atomic E-state index is 10.7. The number of carbonyl (C=O) groups is 1. The number of hydrogen-bond donors (Lipinski definition) is 3. The summed E-state index contributed by atoms with van der Waals surface area (Å²) in [7, 11) is 0. The van der Waals surface area contributed by atoms with Crippen LogP contribution in [-0.2, 0) is 4.74 Å². The molecule has 0 heterocycles. The molecule has 3 atom stereocenters. The van der Waals surface area contributed by atoms with Crippen LogP contribution < -0.4 is 5.73 Å². The Hall–Kier alpha value is -0.420. The quantitative estimate of drug-likeness (QED) is 0.665. The predicted molar refractivity (Wildman–Crippen MR) is 65.5 cm³/mol. The van der Waals surface area contributed by atoms with Gasteiger partial charge in [0.15, 0.2) is 0 Å². The molecule has 94 valence electrons. The SMILES string of the molecule is CC(C)(C[C@H]1CC[C@H](S)[C@@H](O)C1)OC(N)=O. The lowest BCUT2D eigenvalue weighted by atomic mass is 9.80. The minimum atomic E-state index is -0.742. The van der Waals surface area contributed by atoms with E-state index in [4.69, 9.17) is 10.5 Å². The lowest BCUT2D eigenvalue weighted by molar-refractivity contribution is 0.0106. The lowest BCUT2D eigenvalue weighted by Crippen LogP contribution is -2.37. The van der Waals surface area contributed by atoms with Crippen molar-refractivity contribution in [2.45, 2.75) is 56.5 Å². The van der Waals surface area contributed by atoms with Gasteiger partial charge in [-0.15, -0.1) is 0 Å². The molecule has 0 saturated heterocycles. The Morgan fingerprint density at radius 3 is 2.69 bits per heavy atom. The van der Waals surface area contributed by atoms with Crippen molar-refractivity contribution >= 4 is 18.7 Å². The summed E-state index contributed by atoms with van der Waals surface area (Å²) in [6, 6.07) is 0. The Morgan fingerprint density at radius 2 is 2.19 bits per heavy atom. The van der Waals surface area contributed by atoms with Crippen LogP contribution in [-0.4, -0.2) is 28.2 Å². The molecule has 16 heavy (non-hydrogen) atoms. The van der Waals surface area contributed by atoms with Crippen molar-refractivity contribution < 1.29 is 14.6 Å². The van der Waals surface area contributed by atoms with E-state index in [1.807, 2.05) is 13.8 Å². The van der Waals surface area contributed by atoms with Gasteiger partial charge >= 0.3 is 6.09 Å². The van der Waals surface area contributed by atoms with Crippen LogP contribution >= 0.6 is 12.6 Å². The Morgan fingerprint density at radius 1 is 1.56 bits per heavy atom. The summed E-state index contributed by atoms with van der Waals surface area (Å²) in [4.78, 5) is 10.7. The molecule has 1 aliphatic rings. The van der Waals surface area contributed by atoms with Gasteiger partial charge in [0.1, 0.15) is 5.60 Å². The molecule has 1 saturated carbocycles. The third-order valence-electron chi connectivity index (χ3n) is 3.05. The van der Waals surface area contributed by atoms with Crippen LogP contribution in [0, 0.1) is 5.92 Å². The second-order valence-electron chi connectivity index (χ2n) is 5.20. The molecule has 1 aliphatic carbocycles. The van der Waals surface area contributed by atoms with Gasteiger partial charge in [0.05, 0.1) is 6.10 Å². The van der Waals surface area contributed by atoms with Crippen LogP contribution in [0.2, 0.25) is 0 Å². The summed E-state index contributed by atoms with van der Waals surface area (Å²) in [5, 5.41) is 9.80. The fourth-order valence-electron chi connectivity index (χ4n) is 2.41. The normalized spacial score (nSPS) is 31.1. The van der Waals surface area contributed by atoms with E-state index in [9.17, 15) is 9.90 Å². The van der Waals surface area contributed by atoms with E-state index in [2.05, 4.69) is 12.6 Å². The molecule has 0 radical (unpaired) electrons. The highest BCUT2D eigenvalue weighted by molar-refractivity contribution is 7.81. The monoisotopic (exact) mass is 247 g/mol. The van der Waals surface area contributed by atoms with E-state index in [1.165, 1.54) is 0 Å². The molecule has 0 aromatic heterocycles. The summed E-state index contributed by atoms with van der Waals surface area (Å²) in [5.74, 6) is 0.368. The minimum Gasteiger partial charge on any atom is -0.444 e. The third kappa shape index (κ3) is 4.22. The van der Waals surface area contributed by atoms with Crippen LogP contribution in [0.25, 0.3) is 0 Å². The summed E-state index contributed by atoms with van der Waals surface area (Å²) < 4.78 is 5.04. The second kappa shape index (κ2) is 5.27. The maximum atomic E-state index is 10.7. The van der Waals surface area contributed by atoms with Gasteiger partial charge in [-0.05, 0) is 45.4 Å². The third-order valence-corrected chi connectivity index (χ3v) is 3.65. The highest BCUT2D eigenvalue weighted by Gasteiger charge is 2.32. The topological polar surface area (TPSA) is 72.6 Å². The van der Waals surface area contributed by atoms with Crippen LogP contribution in [0.4, 0.5) is 4.79 Å². The van der Waals surface area contributed by atoms with Crippen LogP contribution in [0.5, 0.6) is 0 Å². The molecule has 0 aromatic carbocycles. The zero-order valence-corrected chi connectivity index (χ0v) is 10.7. The number of thiol groups is 1. The molecule has 1 rings (SSSR count). The number of nitrogens with two attached hydrogens (primary N) is 1. The van der Waals surface area contributed by atoms with Crippen LogP contribution in [0.15, 0.2) is 0 Å². The molecule has 0 bridgehead atoms. The highest BCUT2D eigenvalue weighted by Crippen LogP contribution is 2.34. The summed E-state index contributed by atoms with van der Waals surface area (Å²) in [6.45, 7) is 3.69. The molecule has 1 fully saturated rings. The van der Waals surface area contributed by atoms with Crippen molar-refractivity contribution in [3.05, 3.63) is 0 Å². The first-order valence-electron chi connectivity index (χ1n) is 5.65. The van der Waals surface area contributed by atoms with E-state index in [0.29, 0.717) is 5.92 Å². The molecule has 3 N–H and O–H groups in total. The van der Waals surface area contributed by atoms with Crippen molar-refractivity contribution in [2.75, 3.05) is 0 Å². The number of rotatable bonds is 3. The van der Waals surface area contributed by atoms with Gasteiger partial charge in [-0.1, -0.05) is 0 Å². The average molecular weight is 247 g/mol. The molecule has 0 spiro atoms. The highest BCUT2D eigenvalue weighted by atomic mass is 32.1. The van der Waals surface area contributed by atoms with Gasteiger partial charge in [0.2, 0.25) is 0 Å². The zero-order chi connectivity index (χ0) is 12.3. The van der Waals surface area contributed by atoms with E-state index < -0.39 is 11.7 Å². The molecular formula is C11H21NO3S. The first kappa shape index (κ1) is 13.6. The van der Waals surface area contributed by atoms with E-state index in [-0.39, 0.29) is 11.4 Å². The van der Waals surface area contributed by atoms with E-state index in [0.717, 1.165) is 25.7 Å². The molecular weight excluding hydrogens is 226 g/mol. The second-order valence-corrected chi connectivity index (χ2v) is 5.86. The fraction of sp³-hybridized carbons (Fsp3) is 0.909.